The first-order chi connectivity index (χ1) is 9.99. The molecule has 0 unspecified atom stereocenters. The number of nitrogens with two attached hydrogens (primary N) is 1. The van der Waals surface area contributed by atoms with Crippen molar-refractivity contribution in [3.8, 4) is 5.75 Å². The van der Waals surface area contributed by atoms with Crippen LogP contribution in [0.25, 0.3) is 0 Å². The summed E-state index contributed by atoms with van der Waals surface area (Å²) in [7, 11) is 0. The Balaban J connectivity index is 2.18. The summed E-state index contributed by atoms with van der Waals surface area (Å²) in [6, 6.07) is 12.3. The largest absolute Gasteiger partial charge is 0.489 e. The molecule has 110 valence electrons. The monoisotopic (exact) mass is 305 g/mol. The zero-order chi connectivity index (χ0) is 15.4. The third-order valence-electron chi connectivity index (χ3n) is 3.14. The zero-order valence-corrected chi connectivity index (χ0v) is 12.3. The number of hydrogen-bond acceptors (Lipinski definition) is 3. The first-order valence-electron chi connectivity index (χ1n) is 6.43. The number of amides is 1. The van der Waals surface area contributed by atoms with Crippen LogP contribution in [0.5, 0.6) is 5.75 Å². The van der Waals surface area contributed by atoms with E-state index in [-0.39, 0.29) is 6.61 Å². The standard InChI is InChI=1S/C16H16ClNO3/c1-10-8-12(17)6-7-14(10)21-9-11-4-2-3-5-13(11)15(19)16(18)20/h2-8,15,19H,9H2,1H3,(H2,18,20)/t15-/m0/s1. The topological polar surface area (TPSA) is 72.6 Å². The molecule has 21 heavy (non-hydrogen) atoms. The van der Waals surface area contributed by atoms with Gasteiger partial charge < -0.3 is 15.6 Å². The third-order valence-corrected chi connectivity index (χ3v) is 3.37. The fourth-order valence-electron chi connectivity index (χ4n) is 2.02. The van der Waals surface area contributed by atoms with E-state index in [1.54, 1.807) is 36.4 Å². The number of ether oxygens (including phenoxy) is 1. The van der Waals surface area contributed by atoms with E-state index >= 15 is 0 Å². The van der Waals surface area contributed by atoms with Gasteiger partial charge in [0.2, 0.25) is 0 Å². The number of primary amides is 1. The Kier molecular flexibility index (Phi) is 4.83. The summed E-state index contributed by atoms with van der Waals surface area (Å²) in [5.74, 6) is -0.0899. The average Bonchev–Trinajstić information content (AvgIpc) is 2.46. The molecule has 2 aromatic rings. The van der Waals surface area contributed by atoms with E-state index in [1.165, 1.54) is 0 Å². The van der Waals surface area contributed by atoms with E-state index < -0.39 is 12.0 Å². The number of benzene rings is 2. The van der Waals surface area contributed by atoms with Crippen LogP contribution in [0.15, 0.2) is 42.5 Å². The average molecular weight is 306 g/mol. The van der Waals surface area contributed by atoms with Gasteiger partial charge >= 0.3 is 0 Å². The number of hydrogen-bond donors (Lipinski definition) is 2. The molecule has 0 radical (unpaired) electrons. The molecule has 5 heteroatoms. The minimum atomic E-state index is -1.34. The summed E-state index contributed by atoms with van der Waals surface area (Å²) in [6.45, 7) is 2.12. The van der Waals surface area contributed by atoms with Gasteiger partial charge in [-0.1, -0.05) is 35.9 Å². The molecule has 2 aromatic carbocycles. The van der Waals surface area contributed by atoms with Gasteiger partial charge in [-0.3, -0.25) is 4.79 Å². The summed E-state index contributed by atoms with van der Waals surface area (Å²) < 4.78 is 5.73. The summed E-state index contributed by atoms with van der Waals surface area (Å²) >= 11 is 5.90. The summed E-state index contributed by atoms with van der Waals surface area (Å²) in [5, 5.41) is 10.5. The van der Waals surface area contributed by atoms with Gasteiger partial charge in [-0.25, -0.2) is 0 Å². The molecule has 1 amide bonds. The molecule has 0 aliphatic rings. The Morgan fingerprint density at radius 3 is 2.71 bits per heavy atom. The maximum atomic E-state index is 11.1. The first kappa shape index (κ1) is 15.4. The quantitative estimate of drug-likeness (QED) is 0.892. The third kappa shape index (κ3) is 3.74. The SMILES string of the molecule is Cc1cc(Cl)ccc1OCc1ccccc1[C@H](O)C(N)=O. The van der Waals surface area contributed by atoms with Crippen molar-refractivity contribution >= 4 is 17.5 Å². The number of carbonyl (C=O) groups excluding carboxylic acids is 1. The molecule has 1 atom stereocenters. The van der Waals surface area contributed by atoms with Crippen molar-refractivity contribution in [1.29, 1.82) is 0 Å². The van der Waals surface area contributed by atoms with Crippen LogP contribution in [0.3, 0.4) is 0 Å². The van der Waals surface area contributed by atoms with Crippen molar-refractivity contribution in [1.82, 2.24) is 0 Å². The van der Waals surface area contributed by atoms with Crippen molar-refractivity contribution in [2.24, 2.45) is 5.73 Å². The molecule has 0 saturated heterocycles. The van der Waals surface area contributed by atoms with Crippen molar-refractivity contribution < 1.29 is 14.6 Å². The molecule has 0 fully saturated rings. The second kappa shape index (κ2) is 6.61. The van der Waals surface area contributed by atoms with E-state index in [4.69, 9.17) is 22.1 Å². The van der Waals surface area contributed by atoms with E-state index in [9.17, 15) is 9.90 Å². The molecular formula is C16H16ClNO3. The van der Waals surface area contributed by atoms with Gasteiger partial charge in [0.15, 0.2) is 6.10 Å². The normalized spacial score (nSPS) is 12.0. The van der Waals surface area contributed by atoms with Crippen LogP contribution in [0, 0.1) is 6.92 Å². The van der Waals surface area contributed by atoms with Crippen molar-refractivity contribution in [2.45, 2.75) is 19.6 Å². The minimum Gasteiger partial charge on any atom is -0.489 e. The van der Waals surface area contributed by atoms with Crippen LogP contribution in [0.2, 0.25) is 5.02 Å². The molecule has 4 nitrogen and oxygen atoms in total. The summed E-state index contributed by atoms with van der Waals surface area (Å²) in [5.41, 5.74) is 7.21. The molecule has 0 aliphatic carbocycles. The minimum absolute atomic E-state index is 0.225. The maximum Gasteiger partial charge on any atom is 0.250 e. The lowest BCUT2D eigenvalue weighted by molar-refractivity contribution is -0.126. The van der Waals surface area contributed by atoms with Crippen LogP contribution in [0.4, 0.5) is 0 Å². The fourth-order valence-corrected chi connectivity index (χ4v) is 2.24. The van der Waals surface area contributed by atoms with Gasteiger partial charge in [0.25, 0.3) is 5.91 Å². The molecule has 0 aliphatic heterocycles. The van der Waals surface area contributed by atoms with Crippen LogP contribution in [0.1, 0.15) is 22.8 Å². The molecular weight excluding hydrogens is 290 g/mol. The molecule has 0 bridgehead atoms. The van der Waals surface area contributed by atoms with Gasteiger partial charge in [-0.2, -0.15) is 0 Å². The highest BCUT2D eigenvalue weighted by atomic mass is 35.5. The lowest BCUT2D eigenvalue weighted by Gasteiger charge is -2.14. The highest BCUT2D eigenvalue weighted by Crippen LogP contribution is 2.24. The van der Waals surface area contributed by atoms with Crippen molar-refractivity contribution in [3.05, 3.63) is 64.2 Å². The van der Waals surface area contributed by atoms with Crippen LogP contribution < -0.4 is 10.5 Å². The van der Waals surface area contributed by atoms with Gasteiger partial charge in [0.05, 0.1) is 0 Å². The summed E-state index contributed by atoms with van der Waals surface area (Å²) in [4.78, 5) is 11.1. The Morgan fingerprint density at radius 1 is 1.33 bits per heavy atom. The van der Waals surface area contributed by atoms with Crippen molar-refractivity contribution in [2.75, 3.05) is 0 Å². The Labute approximate surface area is 128 Å². The molecule has 0 saturated carbocycles. The zero-order valence-electron chi connectivity index (χ0n) is 11.5. The summed E-state index contributed by atoms with van der Waals surface area (Å²) in [6.07, 6.45) is -1.34. The Hall–Kier alpha value is -2.04. The maximum absolute atomic E-state index is 11.1. The van der Waals surface area contributed by atoms with Gasteiger partial charge in [-0.05, 0) is 41.8 Å². The van der Waals surface area contributed by atoms with Crippen molar-refractivity contribution in [3.63, 3.8) is 0 Å². The molecule has 2 rings (SSSR count). The van der Waals surface area contributed by atoms with E-state index in [2.05, 4.69) is 0 Å². The fraction of sp³-hybridized carbons (Fsp3) is 0.188. The number of aliphatic hydroxyl groups is 1. The van der Waals surface area contributed by atoms with Crippen LogP contribution >= 0.6 is 11.6 Å². The highest BCUT2D eigenvalue weighted by molar-refractivity contribution is 6.30. The van der Waals surface area contributed by atoms with Gasteiger partial charge in [-0.15, -0.1) is 0 Å². The number of rotatable bonds is 5. The lowest BCUT2D eigenvalue weighted by atomic mass is 10.0. The molecule has 0 aromatic heterocycles. The van der Waals surface area contributed by atoms with Gasteiger partial charge in [0, 0.05) is 5.02 Å². The number of aryl methyl sites for hydroxylation is 1. The smallest absolute Gasteiger partial charge is 0.250 e. The second-order valence-electron chi connectivity index (χ2n) is 4.70. The van der Waals surface area contributed by atoms with E-state index in [1.807, 2.05) is 13.0 Å². The predicted molar refractivity (Wildman–Crippen MR) is 81.1 cm³/mol. The Morgan fingerprint density at radius 2 is 2.05 bits per heavy atom. The second-order valence-corrected chi connectivity index (χ2v) is 5.14. The molecule has 0 spiro atoms. The molecule has 0 heterocycles. The van der Waals surface area contributed by atoms with E-state index in [0.29, 0.717) is 21.9 Å². The number of carbonyl (C=O) groups is 1. The predicted octanol–water partition coefficient (Wildman–Crippen LogP) is 2.75. The number of halogens is 1. The number of aliphatic hydroxyl groups excluding tert-OH is 1. The Bertz CT molecular complexity index is 658. The lowest BCUT2D eigenvalue weighted by Crippen LogP contribution is -2.22. The highest BCUT2D eigenvalue weighted by Gasteiger charge is 2.17. The first-order valence-corrected chi connectivity index (χ1v) is 6.81. The van der Waals surface area contributed by atoms with Gasteiger partial charge in [0.1, 0.15) is 12.4 Å². The van der Waals surface area contributed by atoms with Crippen LogP contribution in [-0.4, -0.2) is 11.0 Å². The van der Waals surface area contributed by atoms with E-state index in [0.717, 1.165) is 5.56 Å². The molecule has 3 N–H and O–H groups in total. The van der Waals surface area contributed by atoms with Crippen LogP contribution in [-0.2, 0) is 11.4 Å².